The molecule has 0 amide bonds. The van der Waals surface area contributed by atoms with E-state index in [1.54, 1.807) is 0 Å². The fraction of sp³-hybridized carbons (Fsp3) is 1.00. The molecule has 0 aromatic heterocycles. The Balaban J connectivity index is 1.91. The molecule has 0 heterocycles. The Bertz CT molecular complexity index is 272. The molecule has 2 rings (SSSR count). The lowest BCUT2D eigenvalue weighted by Crippen LogP contribution is -2.49. The van der Waals surface area contributed by atoms with Gasteiger partial charge in [-0.05, 0) is 44.6 Å². The van der Waals surface area contributed by atoms with E-state index in [0.29, 0.717) is 23.8 Å². The lowest BCUT2D eigenvalue weighted by atomic mass is 9.73. The summed E-state index contributed by atoms with van der Waals surface area (Å²) in [6.07, 6.45) is 6.26. The Morgan fingerprint density at radius 1 is 1.00 bits per heavy atom. The predicted molar refractivity (Wildman–Crippen MR) is 78.0 cm³/mol. The molecule has 2 aliphatic carbocycles. The SMILES string of the molecule is CC1CC(C)C(CN(C)C2CCCCC2O)C(O)C1. The van der Waals surface area contributed by atoms with Crippen molar-refractivity contribution in [1.82, 2.24) is 4.90 Å². The van der Waals surface area contributed by atoms with Crippen LogP contribution in [0.4, 0.5) is 0 Å². The summed E-state index contributed by atoms with van der Waals surface area (Å²) in [5, 5.41) is 20.5. The molecule has 0 spiro atoms. The molecule has 19 heavy (non-hydrogen) atoms. The van der Waals surface area contributed by atoms with Gasteiger partial charge in [-0.15, -0.1) is 0 Å². The molecule has 0 radical (unpaired) electrons. The Labute approximate surface area is 118 Å². The first-order valence-corrected chi connectivity index (χ1v) is 8.05. The van der Waals surface area contributed by atoms with Crippen LogP contribution in [0.3, 0.4) is 0 Å². The van der Waals surface area contributed by atoms with Gasteiger partial charge in [0.25, 0.3) is 0 Å². The molecular weight excluding hydrogens is 238 g/mol. The van der Waals surface area contributed by atoms with Crippen molar-refractivity contribution in [3.63, 3.8) is 0 Å². The van der Waals surface area contributed by atoms with Crippen molar-refractivity contribution in [2.24, 2.45) is 17.8 Å². The molecule has 6 atom stereocenters. The smallest absolute Gasteiger partial charge is 0.0695 e. The van der Waals surface area contributed by atoms with Gasteiger partial charge in [0, 0.05) is 18.5 Å². The first-order chi connectivity index (χ1) is 8.99. The van der Waals surface area contributed by atoms with E-state index < -0.39 is 0 Å². The summed E-state index contributed by atoms with van der Waals surface area (Å²) in [7, 11) is 2.12. The van der Waals surface area contributed by atoms with Crippen LogP contribution >= 0.6 is 0 Å². The molecule has 3 nitrogen and oxygen atoms in total. The van der Waals surface area contributed by atoms with Crippen LogP contribution in [-0.4, -0.2) is 47.0 Å². The molecule has 2 aliphatic rings. The van der Waals surface area contributed by atoms with E-state index >= 15 is 0 Å². The second-order valence-electron chi connectivity index (χ2n) is 7.14. The molecule has 0 aliphatic heterocycles. The van der Waals surface area contributed by atoms with Gasteiger partial charge < -0.3 is 15.1 Å². The zero-order chi connectivity index (χ0) is 14.0. The van der Waals surface area contributed by atoms with Crippen molar-refractivity contribution in [2.75, 3.05) is 13.6 Å². The fourth-order valence-corrected chi connectivity index (χ4v) is 4.25. The Kier molecular flexibility index (Phi) is 5.27. The third-order valence-electron chi connectivity index (χ3n) is 5.40. The summed E-state index contributed by atoms with van der Waals surface area (Å²) in [6, 6.07) is 0.299. The van der Waals surface area contributed by atoms with Gasteiger partial charge in [-0.25, -0.2) is 0 Å². The van der Waals surface area contributed by atoms with Crippen molar-refractivity contribution in [3.8, 4) is 0 Å². The van der Waals surface area contributed by atoms with Crippen molar-refractivity contribution < 1.29 is 10.2 Å². The highest BCUT2D eigenvalue weighted by Crippen LogP contribution is 2.35. The molecule has 112 valence electrons. The van der Waals surface area contributed by atoms with E-state index in [1.807, 2.05) is 0 Å². The van der Waals surface area contributed by atoms with Gasteiger partial charge >= 0.3 is 0 Å². The normalized spacial score (nSPS) is 44.5. The van der Waals surface area contributed by atoms with Crippen LogP contribution in [0.5, 0.6) is 0 Å². The van der Waals surface area contributed by atoms with Crippen LogP contribution in [0, 0.1) is 17.8 Å². The van der Waals surface area contributed by atoms with Gasteiger partial charge in [-0.2, -0.15) is 0 Å². The Morgan fingerprint density at radius 3 is 2.32 bits per heavy atom. The minimum Gasteiger partial charge on any atom is -0.393 e. The van der Waals surface area contributed by atoms with Crippen LogP contribution in [0.25, 0.3) is 0 Å². The number of aliphatic hydroxyl groups excluding tert-OH is 2. The molecule has 2 N–H and O–H groups in total. The van der Waals surface area contributed by atoms with E-state index in [0.717, 1.165) is 32.2 Å². The maximum Gasteiger partial charge on any atom is 0.0695 e. The molecule has 0 saturated heterocycles. The second kappa shape index (κ2) is 6.55. The summed E-state index contributed by atoms with van der Waals surface area (Å²) in [4.78, 5) is 2.31. The number of hydrogen-bond acceptors (Lipinski definition) is 3. The summed E-state index contributed by atoms with van der Waals surface area (Å²) >= 11 is 0. The molecular formula is C16H31NO2. The highest BCUT2D eigenvalue weighted by Gasteiger charge is 2.35. The third kappa shape index (κ3) is 3.71. The van der Waals surface area contributed by atoms with Crippen molar-refractivity contribution in [1.29, 1.82) is 0 Å². The number of likely N-dealkylation sites (N-methyl/N-ethyl adjacent to an activating group) is 1. The van der Waals surface area contributed by atoms with Crippen LogP contribution in [0.15, 0.2) is 0 Å². The van der Waals surface area contributed by atoms with Crippen LogP contribution < -0.4 is 0 Å². The maximum absolute atomic E-state index is 10.3. The van der Waals surface area contributed by atoms with Gasteiger partial charge in [0.1, 0.15) is 0 Å². The average molecular weight is 269 g/mol. The van der Waals surface area contributed by atoms with Crippen LogP contribution in [0.1, 0.15) is 52.4 Å². The summed E-state index contributed by atoms with van der Waals surface area (Å²) in [6.45, 7) is 5.44. The molecule has 0 aromatic rings. The monoisotopic (exact) mass is 269 g/mol. The largest absolute Gasteiger partial charge is 0.393 e. The molecule has 6 unspecified atom stereocenters. The van der Waals surface area contributed by atoms with E-state index in [1.165, 1.54) is 12.8 Å². The van der Waals surface area contributed by atoms with Gasteiger partial charge in [0.15, 0.2) is 0 Å². The second-order valence-corrected chi connectivity index (χ2v) is 7.14. The highest BCUT2D eigenvalue weighted by atomic mass is 16.3. The van der Waals surface area contributed by atoms with Gasteiger partial charge in [-0.3, -0.25) is 0 Å². The highest BCUT2D eigenvalue weighted by molar-refractivity contribution is 4.88. The molecule has 0 aromatic carbocycles. The fourth-order valence-electron chi connectivity index (χ4n) is 4.25. The number of nitrogens with zero attached hydrogens (tertiary/aromatic N) is 1. The summed E-state index contributed by atoms with van der Waals surface area (Å²) in [5.41, 5.74) is 0. The quantitative estimate of drug-likeness (QED) is 0.826. The number of rotatable bonds is 3. The van der Waals surface area contributed by atoms with Crippen molar-refractivity contribution in [2.45, 2.75) is 70.6 Å². The van der Waals surface area contributed by atoms with E-state index in [4.69, 9.17) is 0 Å². The Morgan fingerprint density at radius 2 is 1.68 bits per heavy atom. The van der Waals surface area contributed by atoms with Gasteiger partial charge in [0.2, 0.25) is 0 Å². The van der Waals surface area contributed by atoms with E-state index in [2.05, 4.69) is 25.8 Å². The summed E-state index contributed by atoms with van der Waals surface area (Å²) < 4.78 is 0. The molecule has 3 heteroatoms. The molecule has 2 fully saturated rings. The first kappa shape index (κ1) is 15.3. The molecule has 0 bridgehead atoms. The molecule has 2 saturated carbocycles. The first-order valence-electron chi connectivity index (χ1n) is 8.05. The average Bonchev–Trinajstić information content (AvgIpc) is 2.34. The predicted octanol–water partition coefficient (Wildman–Crippen LogP) is 2.26. The van der Waals surface area contributed by atoms with Crippen LogP contribution in [0.2, 0.25) is 0 Å². The van der Waals surface area contributed by atoms with Crippen molar-refractivity contribution >= 4 is 0 Å². The number of hydrogen-bond donors (Lipinski definition) is 2. The zero-order valence-corrected chi connectivity index (χ0v) is 12.8. The standard InChI is InChI=1S/C16H31NO2/c1-11-8-12(2)13(16(19)9-11)10-17(3)14-6-4-5-7-15(14)18/h11-16,18-19H,4-10H2,1-3H3. The van der Waals surface area contributed by atoms with E-state index in [-0.39, 0.29) is 12.2 Å². The topological polar surface area (TPSA) is 43.7 Å². The van der Waals surface area contributed by atoms with Crippen LogP contribution in [-0.2, 0) is 0 Å². The van der Waals surface area contributed by atoms with Gasteiger partial charge in [0.05, 0.1) is 12.2 Å². The maximum atomic E-state index is 10.3. The zero-order valence-electron chi connectivity index (χ0n) is 12.8. The van der Waals surface area contributed by atoms with E-state index in [9.17, 15) is 10.2 Å². The summed E-state index contributed by atoms with van der Waals surface area (Å²) in [5.74, 6) is 1.60. The van der Waals surface area contributed by atoms with Crippen molar-refractivity contribution in [3.05, 3.63) is 0 Å². The minimum absolute atomic E-state index is 0.165. The van der Waals surface area contributed by atoms with Gasteiger partial charge in [-0.1, -0.05) is 26.7 Å². The minimum atomic E-state index is -0.172. The third-order valence-corrected chi connectivity index (χ3v) is 5.40. The Hall–Kier alpha value is -0.120. The number of aliphatic hydroxyl groups is 2. The lowest BCUT2D eigenvalue weighted by molar-refractivity contribution is -0.0268. The lowest BCUT2D eigenvalue weighted by Gasteiger charge is -2.42.